The van der Waals surface area contributed by atoms with E-state index < -0.39 is 11.9 Å². The Hall–Kier alpha value is -3.39. The Kier molecular flexibility index (Phi) is 4.50. The van der Waals surface area contributed by atoms with E-state index in [9.17, 15) is 24.9 Å². The Balaban J connectivity index is 2.02. The molecule has 0 spiro atoms. The molecular weight excluding hydrogens is 376 g/mol. The van der Waals surface area contributed by atoms with Gasteiger partial charge in [0.05, 0.1) is 30.5 Å². The summed E-state index contributed by atoms with van der Waals surface area (Å²) < 4.78 is 6.69. The van der Waals surface area contributed by atoms with Gasteiger partial charge in [0, 0.05) is 23.6 Å². The first kappa shape index (κ1) is 18.9. The zero-order valence-corrected chi connectivity index (χ0v) is 16.0. The third-order valence-electron chi connectivity index (χ3n) is 5.40. The van der Waals surface area contributed by atoms with Crippen LogP contribution in [-0.4, -0.2) is 37.9 Å². The van der Waals surface area contributed by atoms with E-state index in [1.807, 2.05) is 0 Å². The number of nitrogens with zero attached hydrogens (tertiary/aromatic N) is 2. The molecule has 0 amide bonds. The van der Waals surface area contributed by atoms with Gasteiger partial charge in [-0.3, -0.25) is 9.59 Å². The van der Waals surface area contributed by atoms with Crippen LogP contribution in [0.25, 0.3) is 22.3 Å². The minimum Gasteiger partial charge on any atom is -0.507 e. The Labute approximate surface area is 165 Å². The summed E-state index contributed by atoms with van der Waals surface area (Å²) in [5.41, 5.74) is 2.30. The van der Waals surface area contributed by atoms with Gasteiger partial charge in [0.15, 0.2) is 0 Å². The number of phenols is 2. The second-order valence-corrected chi connectivity index (χ2v) is 7.08. The van der Waals surface area contributed by atoms with Crippen molar-refractivity contribution in [1.82, 2.24) is 9.55 Å². The third kappa shape index (κ3) is 2.84. The van der Waals surface area contributed by atoms with Crippen molar-refractivity contribution in [2.45, 2.75) is 32.4 Å². The first-order valence-electron chi connectivity index (χ1n) is 9.20. The van der Waals surface area contributed by atoms with Gasteiger partial charge in [0.1, 0.15) is 17.0 Å². The van der Waals surface area contributed by atoms with Gasteiger partial charge in [-0.2, -0.15) is 0 Å². The maximum absolute atomic E-state index is 13.2. The number of benzene rings is 1. The largest absolute Gasteiger partial charge is 0.507 e. The molecule has 8 nitrogen and oxygen atoms in total. The molecule has 1 unspecified atom stereocenters. The van der Waals surface area contributed by atoms with E-state index >= 15 is 0 Å². The van der Waals surface area contributed by atoms with Crippen LogP contribution in [0.3, 0.4) is 0 Å². The lowest BCUT2D eigenvalue weighted by atomic mass is 9.92. The minimum atomic E-state index is -1.01. The van der Waals surface area contributed by atoms with Gasteiger partial charge in [-0.15, -0.1) is 0 Å². The highest BCUT2D eigenvalue weighted by Gasteiger charge is 2.30. The summed E-state index contributed by atoms with van der Waals surface area (Å²) in [7, 11) is 1.46. The smallest absolute Gasteiger partial charge is 0.310 e. The number of hydrogen-bond donors (Lipinski definition) is 3. The van der Waals surface area contributed by atoms with Gasteiger partial charge >= 0.3 is 5.97 Å². The van der Waals surface area contributed by atoms with Crippen LogP contribution < -0.4 is 5.56 Å². The Morgan fingerprint density at radius 2 is 2.00 bits per heavy atom. The van der Waals surface area contributed by atoms with Gasteiger partial charge in [-0.25, -0.2) is 4.98 Å². The lowest BCUT2D eigenvalue weighted by Gasteiger charge is -2.17. The number of carbonyl (C=O) groups is 1. The van der Waals surface area contributed by atoms with E-state index in [-0.39, 0.29) is 35.7 Å². The number of carboxylic acid groups (broad SMARTS) is 1. The fourth-order valence-corrected chi connectivity index (χ4v) is 3.97. The van der Waals surface area contributed by atoms with Crippen molar-refractivity contribution < 1.29 is 24.9 Å². The summed E-state index contributed by atoms with van der Waals surface area (Å²) in [6.07, 6.45) is 0.321. The molecule has 0 aliphatic carbocycles. The van der Waals surface area contributed by atoms with Crippen molar-refractivity contribution in [2.75, 3.05) is 7.11 Å². The van der Waals surface area contributed by atoms with Crippen LogP contribution >= 0.6 is 0 Å². The normalized spacial score (nSPS) is 13.3. The molecule has 4 rings (SSSR count). The first-order chi connectivity index (χ1) is 13.9. The summed E-state index contributed by atoms with van der Waals surface area (Å²) in [6, 6.07) is 6.11. The summed E-state index contributed by atoms with van der Waals surface area (Å²) in [6.45, 7) is 1.99. The molecule has 0 fully saturated rings. The van der Waals surface area contributed by atoms with Gasteiger partial charge in [-0.1, -0.05) is 6.92 Å². The molecule has 29 heavy (non-hydrogen) atoms. The van der Waals surface area contributed by atoms with Crippen molar-refractivity contribution in [1.29, 1.82) is 0 Å². The average molecular weight is 396 g/mol. The summed E-state index contributed by atoms with van der Waals surface area (Å²) in [5, 5.41) is 30.3. The van der Waals surface area contributed by atoms with Gasteiger partial charge < -0.3 is 24.6 Å². The number of hydrogen-bond acceptors (Lipinski definition) is 6. The number of rotatable bonds is 5. The number of carboxylic acids is 1. The fraction of sp³-hybridized carbons (Fsp3) is 0.286. The van der Waals surface area contributed by atoms with Crippen LogP contribution in [-0.2, 0) is 22.7 Å². The molecule has 8 heteroatoms. The van der Waals surface area contributed by atoms with E-state index in [0.717, 1.165) is 0 Å². The molecule has 1 aromatic carbocycles. The maximum atomic E-state index is 13.2. The molecule has 2 aromatic heterocycles. The molecule has 150 valence electrons. The van der Waals surface area contributed by atoms with Crippen molar-refractivity contribution in [3.8, 4) is 22.9 Å². The lowest BCUT2D eigenvalue weighted by molar-refractivity contribution is -0.138. The van der Waals surface area contributed by atoms with Crippen LogP contribution in [0.1, 0.15) is 36.0 Å². The Bertz CT molecular complexity index is 1210. The number of phenolic OH excluding ortho intramolecular Hbond substituents is 2. The zero-order valence-electron chi connectivity index (χ0n) is 16.0. The Morgan fingerprint density at radius 1 is 1.28 bits per heavy atom. The molecule has 1 atom stereocenters. The summed E-state index contributed by atoms with van der Waals surface area (Å²) in [4.78, 5) is 29.4. The highest BCUT2D eigenvalue weighted by Crippen LogP contribution is 2.38. The SMILES string of the molecule is CCC(C(=O)O)c1cc2n(c(=O)c1COC)Cc1cc3c(O)ccc(O)c3nc1-2. The molecule has 1 aliphatic heterocycles. The van der Waals surface area contributed by atoms with Gasteiger partial charge in [0.25, 0.3) is 5.56 Å². The first-order valence-corrected chi connectivity index (χ1v) is 9.20. The van der Waals surface area contributed by atoms with Crippen LogP contribution in [0.15, 0.2) is 29.1 Å². The molecule has 3 heterocycles. The predicted octanol–water partition coefficient (Wildman–Crippen LogP) is 2.56. The Morgan fingerprint density at radius 3 is 2.66 bits per heavy atom. The fourth-order valence-electron chi connectivity index (χ4n) is 3.97. The summed E-state index contributed by atoms with van der Waals surface area (Å²) in [5.74, 6) is -1.97. The summed E-state index contributed by atoms with van der Waals surface area (Å²) >= 11 is 0. The molecular formula is C21H20N2O6. The number of aliphatic carboxylic acids is 1. The second-order valence-electron chi connectivity index (χ2n) is 7.08. The predicted molar refractivity (Wildman–Crippen MR) is 105 cm³/mol. The molecule has 0 saturated carbocycles. The molecule has 0 saturated heterocycles. The lowest BCUT2D eigenvalue weighted by Crippen LogP contribution is -2.27. The number of pyridine rings is 2. The monoisotopic (exact) mass is 396 g/mol. The zero-order chi connectivity index (χ0) is 20.9. The number of aromatic nitrogens is 2. The van der Waals surface area contributed by atoms with Gasteiger partial charge in [0.2, 0.25) is 0 Å². The molecule has 1 aliphatic rings. The van der Waals surface area contributed by atoms with E-state index in [1.54, 1.807) is 19.1 Å². The van der Waals surface area contributed by atoms with Crippen molar-refractivity contribution in [2.24, 2.45) is 0 Å². The number of ether oxygens (including phenoxy) is 1. The molecule has 0 bridgehead atoms. The molecule has 0 radical (unpaired) electrons. The quantitative estimate of drug-likeness (QED) is 0.443. The van der Waals surface area contributed by atoms with E-state index in [1.165, 1.54) is 23.8 Å². The second kappa shape index (κ2) is 6.89. The highest BCUT2D eigenvalue weighted by molar-refractivity contribution is 5.92. The van der Waals surface area contributed by atoms with Crippen molar-refractivity contribution in [3.05, 3.63) is 51.3 Å². The topological polar surface area (TPSA) is 122 Å². The third-order valence-corrected chi connectivity index (χ3v) is 5.40. The minimum absolute atomic E-state index is 0.00551. The molecule has 3 aromatic rings. The van der Waals surface area contributed by atoms with Crippen LogP contribution in [0.2, 0.25) is 0 Å². The van der Waals surface area contributed by atoms with Gasteiger partial charge in [-0.05, 0) is 36.2 Å². The number of aromatic hydroxyl groups is 2. The van der Waals surface area contributed by atoms with Crippen LogP contribution in [0, 0.1) is 0 Å². The standard InChI is InChI=1S/C21H20N2O6/c1-3-11(21(27)28)12-7-15-18-10(8-23(15)20(26)14(12)9-29-2)6-13-16(24)4-5-17(25)19(13)22-18/h4-7,11,24-25H,3,8-9H2,1-2H3,(H,27,28). The van der Waals surface area contributed by atoms with E-state index in [0.29, 0.717) is 39.9 Å². The van der Waals surface area contributed by atoms with E-state index in [4.69, 9.17) is 4.74 Å². The molecule has 3 N–H and O–H groups in total. The number of fused-ring (bicyclic) bond motifs is 4. The van der Waals surface area contributed by atoms with E-state index in [2.05, 4.69) is 4.98 Å². The van der Waals surface area contributed by atoms with Crippen molar-refractivity contribution in [3.63, 3.8) is 0 Å². The maximum Gasteiger partial charge on any atom is 0.310 e. The van der Waals surface area contributed by atoms with Crippen LogP contribution in [0.4, 0.5) is 0 Å². The van der Waals surface area contributed by atoms with Crippen molar-refractivity contribution >= 4 is 16.9 Å². The highest BCUT2D eigenvalue weighted by atomic mass is 16.5. The average Bonchev–Trinajstić information content (AvgIpc) is 3.05. The number of methoxy groups -OCH3 is 1. The van der Waals surface area contributed by atoms with Crippen LogP contribution in [0.5, 0.6) is 11.5 Å².